The average Bonchev–Trinajstić information content (AvgIpc) is 3.38. The third-order valence-corrected chi connectivity index (χ3v) is 8.61. The van der Waals surface area contributed by atoms with E-state index in [1.807, 2.05) is 60.8 Å². The number of aromatic amines is 1. The lowest BCUT2D eigenvalue weighted by Gasteiger charge is -2.32. The predicted octanol–water partition coefficient (Wildman–Crippen LogP) is 5.74. The number of pyridine rings is 2. The maximum atomic E-state index is 13.0. The number of rotatable bonds is 11. The summed E-state index contributed by atoms with van der Waals surface area (Å²) in [6.45, 7) is 5.89. The molecule has 0 radical (unpaired) electrons. The summed E-state index contributed by atoms with van der Waals surface area (Å²) in [7, 11) is 0. The molecule has 7 rings (SSSR count). The smallest absolute Gasteiger partial charge is 0.274 e. The fraction of sp³-hybridized carbons (Fsp3) is 0.286. The zero-order valence-electron chi connectivity index (χ0n) is 24.7. The van der Waals surface area contributed by atoms with Gasteiger partial charge in [-0.25, -0.2) is 0 Å². The van der Waals surface area contributed by atoms with Crippen LogP contribution in [0.1, 0.15) is 12.8 Å². The first-order valence-electron chi connectivity index (χ1n) is 15.4. The maximum Gasteiger partial charge on any atom is 0.274 e. The van der Waals surface area contributed by atoms with E-state index in [1.165, 1.54) is 0 Å². The van der Waals surface area contributed by atoms with Gasteiger partial charge in [-0.3, -0.25) is 24.5 Å². The highest BCUT2D eigenvalue weighted by Crippen LogP contribution is 2.24. The van der Waals surface area contributed by atoms with E-state index in [0.29, 0.717) is 31.0 Å². The molecular formula is C35H37N7O2. The van der Waals surface area contributed by atoms with Gasteiger partial charge in [0.05, 0.1) is 35.1 Å². The number of fused-ring (bicyclic) bond motifs is 3. The minimum atomic E-state index is -0.0214. The third kappa shape index (κ3) is 6.09. The molecule has 4 heterocycles. The Morgan fingerprint density at radius 1 is 0.773 bits per heavy atom. The summed E-state index contributed by atoms with van der Waals surface area (Å²) in [6.07, 6.45) is 5.90. The van der Waals surface area contributed by atoms with Gasteiger partial charge in [-0.2, -0.15) is 0 Å². The SMILES string of the molecule is O=c1c2ccc(OCC3CCN(CCNc4ccnc5ccccc45)CC3)cc2[nH]n1CCNc1ccnc2ccccc12. The van der Waals surface area contributed by atoms with Gasteiger partial charge in [-0.1, -0.05) is 36.4 Å². The van der Waals surface area contributed by atoms with Crippen molar-refractivity contribution in [1.29, 1.82) is 0 Å². The van der Waals surface area contributed by atoms with E-state index in [4.69, 9.17) is 4.74 Å². The standard InChI is InChI=1S/C35H37N7O2/c43-35-29-10-9-26(23-34(29)40-42(35)22-18-39-33-12-16-37-31-8-4-2-6-28(31)33)44-24-25-13-19-41(20-14-25)21-17-38-32-11-15-36-30-7-3-1-5-27(30)32/h1-12,15-16,23,25,40H,13-14,17-22,24H2,(H,36,38)(H,37,39). The molecular weight excluding hydrogens is 550 g/mol. The average molecular weight is 588 g/mol. The number of hydrogen-bond acceptors (Lipinski definition) is 7. The lowest BCUT2D eigenvalue weighted by molar-refractivity contribution is 0.145. The van der Waals surface area contributed by atoms with Crippen molar-refractivity contribution in [2.24, 2.45) is 5.92 Å². The molecule has 0 saturated carbocycles. The second kappa shape index (κ2) is 12.8. The molecule has 3 aromatic heterocycles. The number of nitrogens with one attached hydrogen (secondary N) is 3. The fourth-order valence-electron chi connectivity index (χ4n) is 6.13. The summed E-state index contributed by atoms with van der Waals surface area (Å²) < 4.78 is 7.87. The largest absolute Gasteiger partial charge is 0.493 e. The molecule has 0 atom stereocenters. The van der Waals surface area contributed by atoms with Gasteiger partial charge in [0.15, 0.2) is 0 Å². The number of aromatic nitrogens is 4. The van der Waals surface area contributed by atoms with Gasteiger partial charge in [0.1, 0.15) is 5.75 Å². The van der Waals surface area contributed by atoms with Gasteiger partial charge in [0.25, 0.3) is 5.56 Å². The van der Waals surface area contributed by atoms with Gasteiger partial charge in [-0.15, -0.1) is 0 Å². The van der Waals surface area contributed by atoms with Crippen LogP contribution in [0.5, 0.6) is 5.75 Å². The van der Waals surface area contributed by atoms with Crippen molar-refractivity contribution in [1.82, 2.24) is 24.6 Å². The third-order valence-electron chi connectivity index (χ3n) is 8.61. The van der Waals surface area contributed by atoms with Gasteiger partial charge < -0.3 is 20.3 Å². The van der Waals surface area contributed by atoms with Gasteiger partial charge in [0, 0.05) is 60.2 Å². The van der Waals surface area contributed by atoms with Crippen molar-refractivity contribution in [3.63, 3.8) is 0 Å². The Morgan fingerprint density at radius 3 is 2.09 bits per heavy atom. The Balaban J connectivity index is 0.876. The molecule has 9 heteroatoms. The summed E-state index contributed by atoms with van der Waals surface area (Å²) in [5, 5.41) is 13.2. The highest BCUT2D eigenvalue weighted by Gasteiger charge is 2.20. The molecule has 224 valence electrons. The molecule has 0 aliphatic carbocycles. The molecule has 1 saturated heterocycles. The molecule has 44 heavy (non-hydrogen) atoms. The summed E-state index contributed by atoms with van der Waals surface area (Å²) in [4.78, 5) is 24.4. The number of hydrogen-bond donors (Lipinski definition) is 3. The van der Waals surface area contributed by atoms with Crippen LogP contribution in [0.4, 0.5) is 11.4 Å². The van der Waals surface area contributed by atoms with Crippen molar-refractivity contribution < 1.29 is 4.74 Å². The first-order valence-corrected chi connectivity index (χ1v) is 15.4. The Bertz CT molecular complexity index is 1930. The van der Waals surface area contributed by atoms with E-state index < -0.39 is 0 Å². The molecule has 3 N–H and O–H groups in total. The summed E-state index contributed by atoms with van der Waals surface area (Å²) in [5.74, 6) is 1.32. The Hall–Kier alpha value is -4.89. The van der Waals surface area contributed by atoms with Crippen molar-refractivity contribution in [3.8, 4) is 5.75 Å². The Morgan fingerprint density at radius 2 is 1.41 bits per heavy atom. The zero-order valence-corrected chi connectivity index (χ0v) is 24.7. The summed E-state index contributed by atoms with van der Waals surface area (Å²) in [6, 6.07) is 26.0. The van der Waals surface area contributed by atoms with Crippen LogP contribution < -0.4 is 20.9 Å². The minimum absolute atomic E-state index is 0.0214. The van der Waals surface area contributed by atoms with Gasteiger partial charge in [0.2, 0.25) is 0 Å². The number of likely N-dealkylation sites (tertiary alicyclic amines) is 1. The summed E-state index contributed by atoms with van der Waals surface area (Å²) in [5.41, 5.74) is 4.89. The number of piperidine rings is 1. The first-order chi connectivity index (χ1) is 21.7. The van der Waals surface area contributed by atoms with Crippen LogP contribution in [0.2, 0.25) is 0 Å². The first kappa shape index (κ1) is 27.9. The second-order valence-electron chi connectivity index (χ2n) is 11.5. The lowest BCUT2D eigenvalue weighted by atomic mass is 9.98. The Kier molecular flexibility index (Phi) is 8.10. The maximum absolute atomic E-state index is 13.0. The van der Waals surface area contributed by atoms with Crippen LogP contribution in [-0.4, -0.2) is 64.0 Å². The molecule has 0 bridgehead atoms. The molecule has 1 fully saturated rings. The summed E-state index contributed by atoms with van der Waals surface area (Å²) >= 11 is 0. The van der Waals surface area contributed by atoms with Crippen LogP contribution in [0, 0.1) is 5.92 Å². The normalized spacial score (nSPS) is 14.4. The van der Waals surface area contributed by atoms with E-state index in [0.717, 1.165) is 83.5 Å². The van der Waals surface area contributed by atoms with Crippen LogP contribution >= 0.6 is 0 Å². The molecule has 9 nitrogen and oxygen atoms in total. The second-order valence-corrected chi connectivity index (χ2v) is 11.5. The number of H-pyrrole nitrogens is 1. The van der Waals surface area contributed by atoms with E-state index in [9.17, 15) is 4.79 Å². The highest BCUT2D eigenvalue weighted by atomic mass is 16.5. The molecule has 1 aliphatic rings. The van der Waals surface area contributed by atoms with Crippen molar-refractivity contribution in [2.45, 2.75) is 19.4 Å². The molecule has 0 amide bonds. The zero-order chi connectivity index (χ0) is 29.7. The molecule has 6 aromatic rings. The quantitative estimate of drug-likeness (QED) is 0.178. The molecule has 0 spiro atoms. The van der Waals surface area contributed by atoms with Gasteiger partial charge >= 0.3 is 0 Å². The van der Waals surface area contributed by atoms with Crippen molar-refractivity contribution >= 4 is 44.1 Å². The van der Waals surface area contributed by atoms with E-state index >= 15 is 0 Å². The molecule has 1 aliphatic heterocycles. The number of para-hydroxylation sites is 2. The molecule has 3 aromatic carbocycles. The number of anilines is 2. The van der Waals surface area contributed by atoms with Gasteiger partial charge in [-0.05, 0) is 68.2 Å². The van der Waals surface area contributed by atoms with Crippen LogP contribution in [0.15, 0.2) is 96.1 Å². The minimum Gasteiger partial charge on any atom is -0.493 e. The highest BCUT2D eigenvalue weighted by molar-refractivity contribution is 5.91. The topological polar surface area (TPSA) is 100 Å². The number of ether oxygens (including phenoxy) is 1. The van der Waals surface area contributed by atoms with Crippen molar-refractivity contribution in [3.05, 3.63) is 102 Å². The van der Waals surface area contributed by atoms with E-state index in [-0.39, 0.29) is 5.56 Å². The van der Waals surface area contributed by atoms with Crippen LogP contribution in [0.25, 0.3) is 32.7 Å². The fourth-order valence-corrected chi connectivity index (χ4v) is 6.13. The van der Waals surface area contributed by atoms with Crippen LogP contribution in [-0.2, 0) is 6.54 Å². The number of benzene rings is 3. The number of nitrogens with zero attached hydrogens (tertiary/aromatic N) is 4. The lowest BCUT2D eigenvalue weighted by Crippen LogP contribution is -2.38. The predicted molar refractivity (Wildman–Crippen MR) is 178 cm³/mol. The van der Waals surface area contributed by atoms with E-state index in [2.05, 4.69) is 54.9 Å². The monoisotopic (exact) mass is 587 g/mol. The van der Waals surface area contributed by atoms with Crippen molar-refractivity contribution in [2.75, 3.05) is 50.0 Å². The molecule has 0 unspecified atom stereocenters. The van der Waals surface area contributed by atoms with E-state index in [1.54, 1.807) is 10.9 Å². The van der Waals surface area contributed by atoms with Crippen LogP contribution in [0.3, 0.4) is 0 Å². The Labute approximate surface area is 255 Å².